The van der Waals surface area contributed by atoms with Crippen molar-refractivity contribution in [3.05, 3.63) is 47.5 Å². The molecular weight excluding hydrogens is 420 g/mol. The lowest BCUT2D eigenvalue weighted by Crippen LogP contribution is -2.34. The highest BCUT2D eigenvalue weighted by Crippen LogP contribution is 2.33. The first-order valence-electron chi connectivity index (χ1n) is 11.7. The van der Waals surface area contributed by atoms with Crippen LogP contribution in [0.25, 0.3) is 11.0 Å². The lowest BCUT2D eigenvalue weighted by atomic mass is 10.0. The predicted octanol–water partition coefficient (Wildman–Crippen LogP) is 4.30. The Bertz CT molecular complexity index is 1130. The summed E-state index contributed by atoms with van der Waals surface area (Å²) in [4.78, 5) is 13.7. The van der Waals surface area contributed by atoms with Gasteiger partial charge in [-0.25, -0.2) is 9.48 Å². The van der Waals surface area contributed by atoms with E-state index in [-0.39, 0.29) is 11.6 Å². The van der Waals surface area contributed by atoms with Crippen molar-refractivity contribution in [2.75, 3.05) is 20.2 Å². The molecule has 1 aliphatic heterocycles. The second kappa shape index (κ2) is 9.39. The van der Waals surface area contributed by atoms with E-state index in [4.69, 9.17) is 9.47 Å². The molecule has 0 radical (unpaired) electrons. The number of nitrogens with zero attached hydrogens (tertiary/aromatic N) is 4. The summed E-state index contributed by atoms with van der Waals surface area (Å²) in [6.45, 7) is 2.80. The van der Waals surface area contributed by atoms with Gasteiger partial charge in [0.25, 0.3) is 0 Å². The first-order valence-corrected chi connectivity index (χ1v) is 11.7. The molecule has 1 saturated heterocycles. The van der Waals surface area contributed by atoms with Gasteiger partial charge in [0.05, 0.1) is 30.3 Å². The van der Waals surface area contributed by atoms with Crippen LogP contribution in [0.2, 0.25) is 0 Å². The van der Waals surface area contributed by atoms with Crippen LogP contribution in [0, 0.1) is 0 Å². The van der Waals surface area contributed by atoms with Crippen molar-refractivity contribution in [3.8, 4) is 11.5 Å². The largest absolute Gasteiger partial charge is 0.493 e. The lowest BCUT2D eigenvalue weighted by molar-refractivity contribution is 0.0697. The molecule has 0 unspecified atom stereocenters. The number of likely N-dealkylation sites (tertiary alicyclic amines) is 1. The SMILES string of the molecule is COc1ccc(CN2CCC(n3nnc4cc(C(=O)O)ccc43)CC2)cc1OC1CCCC1. The number of piperidine rings is 1. The molecule has 3 aromatic rings. The molecule has 2 heterocycles. The third-order valence-electron chi connectivity index (χ3n) is 6.85. The molecule has 0 bridgehead atoms. The number of methoxy groups -OCH3 is 1. The zero-order chi connectivity index (χ0) is 22.8. The molecule has 1 saturated carbocycles. The first-order chi connectivity index (χ1) is 16.1. The fourth-order valence-corrected chi connectivity index (χ4v) is 5.02. The number of ether oxygens (including phenoxy) is 2. The minimum atomic E-state index is -0.949. The number of carbonyl (C=O) groups is 1. The van der Waals surface area contributed by atoms with Gasteiger partial charge in [-0.3, -0.25) is 4.90 Å². The van der Waals surface area contributed by atoms with Gasteiger partial charge in [-0.1, -0.05) is 11.3 Å². The molecule has 2 fully saturated rings. The van der Waals surface area contributed by atoms with Crippen LogP contribution in [0.4, 0.5) is 0 Å². The Kier molecular flexibility index (Phi) is 6.17. The molecule has 33 heavy (non-hydrogen) atoms. The summed E-state index contributed by atoms with van der Waals surface area (Å²) in [5, 5.41) is 17.7. The highest BCUT2D eigenvalue weighted by atomic mass is 16.5. The summed E-state index contributed by atoms with van der Waals surface area (Å²) in [5.74, 6) is 0.704. The van der Waals surface area contributed by atoms with Crippen LogP contribution in [0.5, 0.6) is 11.5 Å². The summed E-state index contributed by atoms with van der Waals surface area (Å²) in [6.07, 6.45) is 6.97. The number of fused-ring (bicyclic) bond motifs is 1. The highest BCUT2D eigenvalue weighted by molar-refractivity contribution is 5.92. The molecule has 1 aliphatic carbocycles. The van der Waals surface area contributed by atoms with E-state index in [9.17, 15) is 9.90 Å². The van der Waals surface area contributed by atoms with E-state index in [1.54, 1.807) is 19.2 Å². The number of hydrogen-bond donors (Lipinski definition) is 1. The molecule has 0 spiro atoms. The number of rotatable bonds is 7. The van der Waals surface area contributed by atoms with E-state index in [0.29, 0.717) is 11.6 Å². The Labute approximate surface area is 193 Å². The molecule has 1 N–H and O–H groups in total. The predicted molar refractivity (Wildman–Crippen MR) is 124 cm³/mol. The number of carboxylic acids is 1. The van der Waals surface area contributed by atoms with E-state index in [1.807, 2.05) is 16.8 Å². The van der Waals surface area contributed by atoms with Crippen LogP contribution >= 0.6 is 0 Å². The van der Waals surface area contributed by atoms with Crippen molar-refractivity contribution in [2.24, 2.45) is 0 Å². The van der Waals surface area contributed by atoms with E-state index >= 15 is 0 Å². The van der Waals surface area contributed by atoms with Crippen molar-refractivity contribution in [1.82, 2.24) is 19.9 Å². The zero-order valence-electron chi connectivity index (χ0n) is 18.9. The quantitative estimate of drug-likeness (QED) is 0.574. The normalized spacial score (nSPS) is 18.1. The second-order valence-corrected chi connectivity index (χ2v) is 9.06. The Balaban J connectivity index is 1.23. The van der Waals surface area contributed by atoms with E-state index in [2.05, 4.69) is 27.3 Å². The molecule has 0 amide bonds. The third-order valence-corrected chi connectivity index (χ3v) is 6.85. The van der Waals surface area contributed by atoms with Crippen molar-refractivity contribution < 1.29 is 19.4 Å². The maximum Gasteiger partial charge on any atom is 0.335 e. The number of carboxylic acid groups (broad SMARTS) is 1. The maximum atomic E-state index is 11.2. The average molecular weight is 451 g/mol. The summed E-state index contributed by atoms with van der Waals surface area (Å²) in [7, 11) is 1.69. The molecule has 1 aromatic heterocycles. The van der Waals surface area contributed by atoms with Gasteiger partial charge in [0, 0.05) is 19.6 Å². The van der Waals surface area contributed by atoms with Gasteiger partial charge in [-0.05, 0) is 74.4 Å². The van der Waals surface area contributed by atoms with Crippen LogP contribution in [0.15, 0.2) is 36.4 Å². The van der Waals surface area contributed by atoms with Crippen LogP contribution in [-0.4, -0.2) is 57.3 Å². The Morgan fingerprint density at radius 2 is 1.85 bits per heavy atom. The second-order valence-electron chi connectivity index (χ2n) is 9.06. The zero-order valence-corrected chi connectivity index (χ0v) is 18.9. The topological polar surface area (TPSA) is 89.7 Å². The Morgan fingerprint density at radius 1 is 1.06 bits per heavy atom. The summed E-state index contributed by atoms with van der Waals surface area (Å²) in [6, 6.07) is 11.6. The summed E-state index contributed by atoms with van der Waals surface area (Å²) >= 11 is 0. The summed E-state index contributed by atoms with van der Waals surface area (Å²) < 4.78 is 13.7. The van der Waals surface area contributed by atoms with Gasteiger partial charge in [0.2, 0.25) is 0 Å². The monoisotopic (exact) mass is 450 g/mol. The Morgan fingerprint density at radius 3 is 2.58 bits per heavy atom. The molecular formula is C25H30N4O4. The van der Waals surface area contributed by atoms with E-state index in [1.165, 1.54) is 18.4 Å². The van der Waals surface area contributed by atoms with Gasteiger partial charge < -0.3 is 14.6 Å². The molecule has 8 heteroatoms. The van der Waals surface area contributed by atoms with Crippen molar-refractivity contribution in [2.45, 2.75) is 57.2 Å². The van der Waals surface area contributed by atoms with Gasteiger partial charge in [-0.15, -0.1) is 5.10 Å². The number of aromatic nitrogens is 3. The first kappa shape index (κ1) is 21.7. The van der Waals surface area contributed by atoms with Crippen LogP contribution in [0.3, 0.4) is 0 Å². The minimum absolute atomic E-state index is 0.236. The molecule has 174 valence electrons. The molecule has 5 rings (SSSR count). The molecule has 0 atom stereocenters. The molecule has 2 aliphatic rings. The fourth-order valence-electron chi connectivity index (χ4n) is 5.02. The smallest absolute Gasteiger partial charge is 0.335 e. The number of aromatic carboxylic acids is 1. The average Bonchev–Trinajstić information content (AvgIpc) is 3.49. The standard InChI is InChI=1S/C25H30N4O4/c1-32-23-9-6-17(14-24(23)33-20-4-2-3-5-20)16-28-12-10-19(11-13-28)29-22-8-7-18(25(30)31)15-21(22)26-27-29/h6-9,14-15,19-20H,2-5,10-13,16H2,1H3,(H,30,31). The van der Waals surface area contributed by atoms with Crippen molar-refractivity contribution >= 4 is 17.0 Å². The Hall–Kier alpha value is -3.13. The molecule has 2 aromatic carbocycles. The van der Waals surface area contributed by atoms with E-state index in [0.717, 1.165) is 62.3 Å². The minimum Gasteiger partial charge on any atom is -0.493 e. The van der Waals surface area contributed by atoms with Crippen molar-refractivity contribution in [3.63, 3.8) is 0 Å². The van der Waals surface area contributed by atoms with Crippen molar-refractivity contribution in [1.29, 1.82) is 0 Å². The van der Waals surface area contributed by atoms with Crippen LogP contribution < -0.4 is 9.47 Å². The van der Waals surface area contributed by atoms with Gasteiger partial charge in [0.1, 0.15) is 5.52 Å². The van der Waals surface area contributed by atoms with Crippen LogP contribution in [0.1, 0.15) is 60.5 Å². The summed E-state index contributed by atoms with van der Waals surface area (Å²) in [5.41, 5.74) is 2.99. The molecule has 8 nitrogen and oxygen atoms in total. The van der Waals surface area contributed by atoms with Gasteiger partial charge >= 0.3 is 5.97 Å². The fraction of sp³-hybridized carbons (Fsp3) is 0.480. The number of benzene rings is 2. The van der Waals surface area contributed by atoms with E-state index < -0.39 is 5.97 Å². The van der Waals surface area contributed by atoms with Gasteiger partial charge in [-0.2, -0.15) is 0 Å². The maximum absolute atomic E-state index is 11.2. The highest BCUT2D eigenvalue weighted by Gasteiger charge is 2.24. The number of hydrogen-bond acceptors (Lipinski definition) is 6. The van der Waals surface area contributed by atoms with Gasteiger partial charge in [0.15, 0.2) is 11.5 Å². The lowest BCUT2D eigenvalue weighted by Gasteiger charge is -2.32. The van der Waals surface area contributed by atoms with Crippen LogP contribution in [-0.2, 0) is 6.54 Å². The third kappa shape index (κ3) is 4.66.